The maximum atomic E-state index is 12.9. The zero-order chi connectivity index (χ0) is 27.0. The molecule has 0 radical (unpaired) electrons. The largest absolute Gasteiger partial charge is 0.485 e. The molecule has 9 heteroatoms. The van der Waals surface area contributed by atoms with E-state index < -0.39 is 11.7 Å². The number of rotatable bonds is 11. The summed E-state index contributed by atoms with van der Waals surface area (Å²) >= 11 is 1.35. The molecule has 0 saturated carbocycles. The lowest BCUT2D eigenvalue weighted by molar-refractivity contribution is -0.140. The Bertz CT molecular complexity index is 1200. The van der Waals surface area contributed by atoms with Gasteiger partial charge in [0.2, 0.25) is 0 Å². The molecule has 1 atom stereocenters. The molecule has 0 aliphatic carbocycles. The summed E-state index contributed by atoms with van der Waals surface area (Å²) in [7, 11) is 1.30. The predicted octanol–water partition coefficient (Wildman–Crippen LogP) is 7.35. The van der Waals surface area contributed by atoms with Crippen molar-refractivity contribution in [1.82, 2.24) is 5.32 Å². The van der Waals surface area contributed by atoms with Crippen molar-refractivity contribution < 1.29 is 32.2 Å². The number of ether oxygens (including phenoxy) is 2. The standard InChI is InChI=1S/C28H30F3NO4S/c1-4-5-6-23(24-13-14-25(37-24)27(34)32-16-15-26(33)35-3)36-21-11-12-22(18(2)17-21)19-7-9-20(10-8-19)28(29,30)31/h7-14,17,23H,4-6,15-16H2,1-3H3,(H,32,34)/t23-/m1/s1. The number of carbonyl (C=O) groups is 2. The Balaban J connectivity index is 1.72. The Labute approximate surface area is 218 Å². The van der Waals surface area contributed by atoms with Gasteiger partial charge in [-0.05, 0) is 72.9 Å². The van der Waals surface area contributed by atoms with Gasteiger partial charge in [0.1, 0.15) is 11.9 Å². The van der Waals surface area contributed by atoms with Crippen LogP contribution in [0.5, 0.6) is 5.75 Å². The molecular formula is C28H30F3NO4S. The molecule has 1 aromatic heterocycles. The molecule has 0 bridgehead atoms. The summed E-state index contributed by atoms with van der Waals surface area (Å²) in [6.45, 7) is 4.18. The number of hydrogen-bond donors (Lipinski definition) is 1. The number of aryl methyl sites for hydroxylation is 1. The molecule has 0 unspecified atom stereocenters. The lowest BCUT2D eigenvalue weighted by Gasteiger charge is -2.19. The van der Waals surface area contributed by atoms with E-state index in [1.807, 2.05) is 31.2 Å². The number of carbonyl (C=O) groups excluding carboxylic acids is 2. The van der Waals surface area contributed by atoms with E-state index in [0.717, 1.165) is 47.4 Å². The fraction of sp³-hybridized carbons (Fsp3) is 0.357. The monoisotopic (exact) mass is 533 g/mol. The molecule has 5 nitrogen and oxygen atoms in total. The minimum absolute atomic E-state index is 0.102. The zero-order valence-corrected chi connectivity index (χ0v) is 21.8. The topological polar surface area (TPSA) is 64.6 Å². The van der Waals surface area contributed by atoms with E-state index in [1.165, 1.54) is 30.6 Å². The van der Waals surface area contributed by atoms with E-state index in [-0.39, 0.29) is 30.9 Å². The average Bonchev–Trinajstić information content (AvgIpc) is 3.36. The van der Waals surface area contributed by atoms with E-state index in [1.54, 1.807) is 6.07 Å². The quantitative estimate of drug-likeness (QED) is 0.262. The Hall–Kier alpha value is -3.33. The first-order valence-corrected chi connectivity index (χ1v) is 12.8. The second-order valence-corrected chi connectivity index (χ2v) is 9.70. The van der Waals surface area contributed by atoms with E-state index in [0.29, 0.717) is 16.2 Å². The van der Waals surface area contributed by atoms with Gasteiger partial charge in [0.25, 0.3) is 5.91 Å². The number of esters is 1. The van der Waals surface area contributed by atoms with Crippen LogP contribution in [-0.2, 0) is 15.7 Å². The fourth-order valence-corrected chi connectivity index (χ4v) is 4.79. The summed E-state index contributed by atoms with van der Waals surface area (Å²) in [4.78, 5) is 25.1. The van der Waals surface area contributed by atoms with Gasteiger partial charge >= 0.3 is 12.1 Å². The van der Waals surface area contributed by atoms with Gasteiger partial charge in [0, 0.05) is 11.4 Å². The lowest BCUT2D eigenvalue weighted by atomic mass is 9.99. The first-order chi connectivity index (χ1) is 17.6. The second-order valence-electron chi connectivity index (χ2n) is 8.58. The van der Waals surface area contributed by atoms with Crippen molar-refractivity contribution in [1.29, 1.82) is 0 Å². The molecule has 37 heavy (non-hydrogen) atoms. The third-order valence-corrected chi connectivity index (χ3v) is 7.01. The van der Waals surface area contributed by atoms with Gasteiger partial charge in [0.15, 0.2) is 0 Å². The Kier molecular flexibility index (Phi) is 9.74. The number of nitrogens with one attached hydrogen (secondary N) is 1. The number of benzene rings is 2. The molecule has 198 valence electrons. The number of thiophene rings is 1. The van der Waals surface area contributed by atoms with Crippen LogP contribution in [0.25, 0.3) is 11.1 Å². The van der Waals surface area contributed by atoms with Crippen LogP contribution in [0.4, 0.5) is 13.2 Å². The summed E-state index contributed by atoms with van der Waals surface area (Å²) in [5.74, 6) is -0.00212. The van der Waals surface area contributed by atoms with Gasteiger partial charge < -0.3 is 14.8 Å². The normalized spacial score (nSPS) is 12.2. The summed E-state index contributed by atoms with van der Waals surface area (Å²) in [6.07, 6.45) is -1.84. The predicted molar refractivity (Wildman–Crippen MR) is 138 cm³/mol. The highest BCUT2D eigenvalue weighted by Crippen LogP contribution is 2.35. The summed E-state index contributed by atoms with van der Waals surface area (Å²) in [5, 5.41) is 2.72. The van der Waals surface area contributed by atoms with Crippen LogP contribution >= 0.6 is 11.3 Å². The summed E-state index contributed by atoms with van der Waals surface area (Å²) in [6, 6.07) is 14.3. The molecule has 1 amide bonds. The third kappa shape index (κ3) is 7.82. The molecule has 0 saturated heterocycles. The van der Waals surface area contributed by atoms with E-state index in [4.69, 9.17) is 4.74 Å². The van der Waals surface area contributed by atoms with Crippen LogP contribution in [0.3, 0.4) is 0 Å². The Morgan fingerprint density at radius 1 is 1.05 bits per heavy atom. The van der Waals surface area contributed by atoms with Crippen molar-refractivity contribution in [2.75, 3.05) is 13.7 Å². The van der Waals surface area contributed by atoms with Crippen LogP contribution in [0, 0.1) is 6.92 Å². The number of methoxy groups -OCH3 is 1. The molecule has 0 aliphatic heterocycles. The zero-order valence-electron chi connectivity index (χ0n) is 21.0. The third-order valence-electron chi connectivity index (χ3n) is 5.83. The summed E-state index contributed by atoms with van der Waals surface area (Å²) < 4.78 is 49.6. The fourth-order valence-electron chi connectivity index (χ4n) is 3.80. The van der Waals surface area contributed by atoms with Gasteiger partial charge in [-0.2, -0.15) is 13.2 Å². The van der Waals surface area contributed by atoms with E-state index >= 15 is 0 Å². The highest BCUT2D eigenvalue weighted by molar-refractivity contribution is 7.14. The first-order valence-electron chi connectivity index (χ1n) is 12.0. The van der Waals surface area contributed by atoms with Crippen molar-refractivity contribution in [3.05, 3.63) is 75.5 Å². The maximum absolute atomic E-state index is 12.9. The number of unbranched alkanes of at least 4 members (excludes halogenated alkanes) is 1. The highest BCUT2D eigenvalue weighted by atomic mass is 32.1. The number of hydrogen-bond acceptors (Lipinski definition) is 5. The maximum Gasteiger partial charge on any atom is 0.416 e. The lowest BCUT2D eigenvalue weighted by Crippen LogP contribution is -2.25. The molecule has 0 spiro atoms. The Morgan fingerprint density at radius 2 is 1.78 bits per heavy atom. The van der Waals surface area contributed by atoms with Crippen molar-refractivity contribution in [3.63, 3.8) is 0 Å². The van der Waals surface area contributed by atoms with Crippen LogP contribution in [0.15, 0.2) is 54.6 Å². The van der Waals surface area contributed by atoms with Crippen LogP contribution < -0.4 is 10.1 Å². The molecule has 1 heterocycles. The molecule has 0 aliphatic rings. The molecule has 2 aromatic carbocycles. The highest BCUT2D eigenvalue weighted by Gasteiger charge is 2.30. The molecule has 1 N–H and O–H groups in total. The molecule has 3 rings (SSSR count). The van der Waals surface area contributed by atoms with Gasteiger partial charge in [-0.25, -0.2) is 0 Å². The second kappa shape index (κ2) is 12.8. The molecular weight excluding hydrogens is 503 g/mol. The first kappa shape index (κ1) is 28.2. The Morgan fingerprint density at radius 3 is 2.41 bits per heavy atom. The van der Waals surface area contributed by atoms with Crippen molar-refractivity contribution in [3.8, 4) is 16.9 Å². The minimum Gasteiger partial charge on any atom is -0.485 e. The van der Waals surface area contributed by atoms with E-state index in [2.05, 4.69) is 17.0 Å². The van der Waals surface area contributed by atoms with Crippen LogP contribution in [0.1, 0.15) is 64.4 Å². The molecule has 0 fully saturated rings. The smallest absolute Gasteiger partial charge is 0.416 e. The van der Waals surface area contributed by atoms with Gasteiger partial charge in [-0.1, -0.05) is 31.5 Å². The van der Waals surface area contributed by atoms with Crippen LogP contribution in [-0.4, -0.2) is 25.5 Å². The van der Waals surface area contributed by atoms with Gasteiger partial charge in [0.05, 0.1) is 24.0 Å². The van der Waals surface area contributed by atoms with Crippen LogP contribution in [0.2, 0.25) is 0 Å². The number of amides is 1. The average molecular weight is 534 g/mol. The van der Waals surface area contributed by atoms with Gasteiger partial charge in [-0.3, -0.25) is 9.59 Å². The van der Waals surface area contributed by atoms with Crippen molar-refractivity contribution >= 4 is 23.2 Å². The number of halogens is 3. The van der Waals surface area contributed by atoms with Crippen molar-refractivity contribution in [2.24, 2.45) is 0 Å². The number of alkyl halides is 3. The summed E-state index contributed by atoms with van der Waals surface area (Å²) in [5.41, 5.74) is 1.72. The molecule has 3 aromatic rings. The van der Waals surface area contributed by atoms with E-state index in [9.17, 15) is 22.8 Å². The van der Waals surface area contributed by atoms with Gasteiger partial charge in [-0.15, -0.1) is 11.3 Å². The minimum atomic E-state index is -4.37. The van der Waals surface area contributed by atoms with Crippen molar-refractivity contribution in [2.45, 2.75) is 51.8 Å². The SMILES string of the molecule is CCCC[C@@H](Oc1ccc(-c2ccc(C(F)(F)F)cc2)c(C)c1)c1ccc(C(=O)NCCC(=O)OC)s1.